The maximum absolute atomic E-state index is 9.47. The van der Waals surface area contributed by atoms with Gasteiger partial charge in [-0.1, -0.05) is 18.2 Å². The fourth-order valence-corrected chi connectivity index (χ4v) is 0.983. The molecule has 0 aliphatic carbocycles. The van der Waals surface area contributed by atoms with Gasteiger partial charge in [0.2, 0.25) is 0 Å². The zero-order valence-electron chi connectivity index (χ0n) is 6.66. The molecule has 3 heteroatoms. The van der Waals surface area contributed by atoms with Crippen LogP contribution in [0.1, 0.15) is 5.56 Å². The molecule has 2 nitrogen and oxygen atoms in total. The number of benzene rings is 1. The summed E-state index contributed by atoms with van der Waals surface area (Å²) in [4.78, 5) is 0. The van der Waals surface area contributed by atoms with Crippen molar-refractivity contribution in [1.29, 1.82) is 0 Å². The van der Waals surface area contributed by atoms with Crippen LogP contribution >= 0.6 is 0 Å². The van der Waals surface area contributed by atoms with Crippen molar-refractivity contribution < 1.29 is 9.76 Å². The van der Waals surface area contributed by atoms with Gasteiger partial charge in [0.1, 0.15) is 5.75 Å². The third-order valence-electron chi connectivity index (χ3n) is 1.57. The quantitative estimate of drug-likeness (QED) is 0.537. The number of para-hydroxylation sites is 1. The van der Waals surface area contributed by atoms with Gasteiger partial charge in [-0.3, -0.25) is 0 Å². The Morgan fingerprint density at radius 1 is 1.58 bits per heavy atom. The molecule has 1 aromatic rings. The van der Waals surface area contributed by atoms with E-state index in [0.717, 1.165) is 5.56 Å². The number of rotatable bonds is 3. The van der Waals surface area contributed by atoms with Gasteiger partial charge in [-0.05, 0) is 12.5 Å². The molecule has 60 valence electrons. The van der Waals surface area contributed by atoms with Crippen LogP contribution in [0.5, 0.6) is 11.5 Å². The van der Waals surface area contributed by atoms with E-state index < -0.39 is 0 Å². The highest BCUT2D eigenvalue weighted by atomic mass is 16.4. The van der Waals surface area contributed by atoms with E-state index in [4.69, 9.17) is 8.05 Å². The topological polar surface area (TPSA) is 29.5 Å². The summed E-state index contributed by atoms with van der Waals surface area (Å²) in [5.74, 6) is 0.370. The minimum atomic E-state index is 0.0832. The lowest BCUT2D eigenvalue weighted by Gasteiger charge is -2.06. The maximum Gasteiger partial charge on any atom is 0.374 e. The average Bonchev–Trinajstić information content (AvgIpc) is 2.09. The van der Waals surface area contributed by atoms with Crippen molar-refractivity contribution in [3.8, 4) is 11.5 Å². The maximum atomic E-state index is 9.47. The fraction of sp³-hybridized carbons (Fsp3) is 0.111. The van der Waals surface area contributed by atoms with Gasteiger partial charge < -0.3 is 9.76 Å². The van der Waals surface area contributed by atoms with Crippen molar-refractivity contribution in [2.24, 2.45) is 0 Å². The SMILES string of the molecule is [B]Oc1cccc(CC=C)c1O. The number of aromatic hydroxyl groups is 1. The van der Waals surface area contributed by atoms with E-state index in [1.165, 1.54) is 0 Å². The molecule has 0 aromatic heterocycles. The van der Waals surface area contributed by atoms with E-state index in [0.29, 0.717) is 6.42 Å². The van der Waals surface area contributed by atoms with E-state index in [1.807, 2.05) is 0 Å². The van der Waals surface area contributed by atoms with Crippen LogP contribution in [0, 0.1) is 0 Å². The van der Waals surface area contributed by atoms with Gasteiger partial charge in [0.05, 0.1) is 0 Å². The number of hydrogen-bond donors (Lipinski definition) is 1. The van der Waals surface area contributed by atoms with E-state index in [-0.39, 0.29) is 11.5 Å². The Hall–Kier alpha value is -1.38. The van der Waals surface area contributed by atoms with Gasteiger partial charge in [0, 0.05) is 5.56 Å². The van der Waals surface area contributed by atoms with Crippen molar-refractivity contribution in [3.63, 3.8) is 0 Å². The summed E-state index contributed by atoms with van der Waals surface area (Å²) in [7, 11) is 4.93. The second-order valence-electron chi connectivity index (χ2n) is 2.37. The molecule has 0 saturated heterocycles. The Labute approximate surface area is 72.9 Å². The van der Waals surface area contributed by atoms with Gasteiger partial charge in [-0.15, -0.1) is 6.58 Å². The van der Waals surface area contributed by atoms with Gasteiger partial charge >= 0.3 is 8.05 Å². The standard InChI is InChI=1S/C9H9BO2/c1-2-4-7-5-3-6-8(12-10)9(7)11/h2-3,5-6,11H,1,4H2. The number of phenols is 1. The predicted molar refractivity (Wildman–Crippen MR) is 48.4 cm³/mol. The molecule has 1 rings (SSSR count). The zero-order chi connectivity index (χ0) is 8.97. The highest BCUT2D eigenvalue weighted by Crippen LogP contribution is 2.29. The Morgan fingerprint density at radius 3 is 2.92 bits per heavy atom. The minimum Gasteiger partial charge on any atom is -0.565 e. The molecule has 1 N–H and O–H groups in total. The highest BCUT2D eigenvalue weighted by molar-refractivity contribution is 6.00. The molecule has 2 radical (unpaired) electrons. The molecule has 0 unspecified atom stereocenters. The van der Waals surface area contributed by atoms with E-state index in [1.54, 1.807) is 24.3 Å². The Balaban J connectivity index is 3.04. The molecule has 0 fully saturated rings. The van der Waals surface area contributed by atoms with Crippen LogP contribution < -0.4 is 4.65 Å². The lowest BCUT2D eigenvalue weighted by atomic mass is 10.1. The first kappa shape index (κ1) is 8.72. The van der Waals surface area contributed by atoms with Gasteiger partial charge in [0.25, 0.3) is 0 Å². The summed E-state index contributed by atoms with van der Waals surface area (Å²) in [5, 5.41) is 9.47. The van der Waals surface area contributed by atoms with Crippen LogP contribution in [0.25, 0.3) is 0 Å². The predicted octanol–water partition coefficient (Wildman–Crippen LogP) is 1.58. The molecule has 0 heterocycles. The summed E-state index contributed by atoms with van der Waals surface area (Å²) < 4.78 is 4.45. The molecule has 1 aromatic carbocycles. The van der Waals surface area contributed by atoms with Crippen molar-refractivity contribution >= 4 is 8.05 Å². The normalized spacial score (nSPS) is 9.33. The second kappa shape index (κ2) is 3.86. The Bertz CT molecular complexity index is 284. The fourth-order valence-electron chi connectivity index (χ4n) is 0.983. The molecule has 0 spiro atoms. The van der Waals surface area contributed by atoms with Crippen LogP contribution in [0.2, 0.25) is 0 Å². The third kappa shape index (κ3) is 1.61. The van der Waals surface area contributed by atoms with E-state index in [2.05, 4.69) is 11.2 Å². The summed E-state index contributed by atoms with van der Waals surface area (Å²) in [6, 6.07) is 5.15. The molecule has 0 aliphatic heterocycles. The average molecular weight is 160 g/mol. The van der Waals surface area contributed by atoms with Crippen LogP contribution in [0.3, 0.4) is 0 Å². The molecular formula is C9H9BO2. The van der Waals surface area contributed by atoms with Crippen LogP contribution in [-0.4, -0.2) is 13.2 Å². The lowest BCUT2D eigenvalue weighted by molar-refractivity contribution is 0.441. The molecule has 0 saturated carbocycles. The van der Waals surface area contributed by atoms with E-state index >= 15 is 0 Å². The lowest BCUT2D eigenvalue weighted by Crippen LogP contribution is -1.89. The minimum absolute atomic E-state index is 0.0832. The molecular weight excluding hydrogens is 151 g/mol. The smallest absolute Gasteiger partial charge is 0.374 e. The van der Waals surface area contributed by atoms with Crippen molar-refractivity contribution in [1.82, 2.24) is 0 Å². The first-order chi connectivity index (χ1) is 5.79. The highest BCUT2D eigenvalue weighted by Gasteiger charge is 2.03. The number of allylic oxidation sites excluding steroid dienone is 1. The molecule has 0 aliphatic rings. The van der Waals surface area contributed by atoms with Gasteiger partial charge in [-0.2, -0.15) is 0 Å². The van der Waals surface area contributed by atoms with Gasteiger partial charge in [-0.25, -0.2) is 0 Å². The molecule has 12 heavy (non-hydrogen) atoms. The van der Waals surface area contributed by atoms with Crippen molar-refractivity contribution in [2.75, 3.05) is 0 Å². The second-order valence-corrected chi connectivity index (χ2v) is 2.37. The van der Waals surface area contributed by atoms with Crippen molar-refractivity contribution in [3.05, 3.63) is 36.4 Å². The molecule has 0 bridgehead atoms. The van der Waals surface area contributed by atoms with Crippen LogP contribution in [-0.2, 0) is 6.42 Å². The summed E-state index contributed by atoms with van der Waals surface area (Å²) >= 11 is 0. The molecule has 0 amide bonds. The van der Waals surface area contributed by atoms with E-state index in [9.17, 15) is 5.11 Å². The molecule has 0 atom stereocenters. The zero-order valence-corrected chi connectivity index (χ0v) is 6.66. The van der Waals surface area contributed by atoms with Gasteiger partial charge in [0.15, 0.2) is 5.75 Å². The Kier molecular flexibility index (Phi) is 2.80. The van der Waals surface area contributed by atoms with Crippen LogP contribution in [0.15, 0.2) is 30.9 Å². The number of hydrogen-bond acceptors (Lipinski definition) is 2. The largest absolute Gasteiger partial charge is 0.565 e. The van der Waals surface area contributed by atoms with Crippen molar-refractivity contribution in [2.45, 2.75) is 6.42 Å². The monoisotopic (exact) mass is 160 g/mol. The third-order valence-corrected chi connectivity index (χ3v) is 1.57. The summed E-state index contributed by atoms with van der Waals surface area (Å²) in [6.07, 6.45) is 2.30. The summed E-state index contributed by atoms with van der Waals surface area (Å²) in [5.41, 5.74) is 0.757. The van der Waals surface area contributed by atoms with Crippen LogP contribution in [0.4, 0.5) is 0 Å². The number of phenolic OH excluding ortho intramolecular Hbond substituents is 1. The first-order valence-electron chi connectivity index (χ1n) is 3.58. The summed E-state index contributed by atoms with van der Waals surface area (Å²) in [6.45, 7) is 3.57. The first-order valence-corrected chi connectivity index (χ1v) is 3.58. The Morgan fingerprint density at radius 2 is 2.33 bits per heavy atom.